The molecule has 1 atom stereocenters. The highest BCUT2D eigenvalue weighted by Gasteiger charge is 2.42. The van der Waals surface area contributed by atoms with Crippen molar-refractivity contribution in [2.75, 3.05) is 24.6 Å². The molecule has 2 fully saturated rings. The standard InChI is InChI=1S/C15H18N2O3/c1-2-20-13-8-4-3-6-11(13)17-10-14(18)16-9-5-7-12(16)15(17)19/h3-4,6,8,12H,2,5,7,9-10H2,1H3. The van der Waals surface area contributed by atoms with Crippen molar-refractivity contribution in [3.8, 4) is 5.75 Å². The normalized spacial score (nSPS) is 22.1. The van der Waals surface area contributed by atoms with Crippen molar-refractivity contribution in [2.24, 2.45) is 0 Å². The van der Waals surface area contributed by atoms with Gasteiger partial charge in [0.15, 0.2) is 0 Å². The minimum Gasteiger partial charge on any atom is -0.492 e. The third-order valence-corrected chi connectivity index (χ3v) is 3.87. The summed E-state index contributed by atoms with van der Waals surface area (Å²) in [7, 11) is 0. The number of anilines is 1. The third kappa shape index (κ3) is 2.03. The number of benzene rings is 1. The van der Waals surface area contributed by atoms with Crippen LogP contribution in [-0.4, -0.2) is 42.5 Å². The maximum atomic E-state index is 12.6. The molecule has 1 unspecified atom stereocenters. The lowest BCUT2D eigenvalue weighted by Gasteiger charge is -2.36. The summed E-state index contributed by atoms with van der Waals surface area (Å²) in [5.74, 6) is 0.690. The van der Waals surface area contributed by atoms with E-state index in [9.17, 15) is 9.59 Å². The highest BCUT2D eigenvalue weighted by atomic mass is 16.5. The molecular formula is C15H18N2O3. The van der Waals surface area contributed by atoms with E-state index in [4.69, 9.17) is 4.74 Å². The molecule has 2 amide bonds. The first-order valence-electron chi connectivity index (χ1n) is 7.05. The summed E-state index contributed by atoms with van der Waals surface area (Å²) >= 11 is 0. The van der Waals surface area contributed by atoms with Crippen LogP contribution in [0.3, 0.4) is 0 Å². The zero-order chi connectivity index (χ0) is 14.1. The molecule has 0 aliphatic carbocycles. The summed E-state index contributed by atoms with van der Waals surface area (Å²) in [6.45, 7) is 3.25. The maximum absolute atomic E-state index is 12.6. The van der Waals surface area contributed by atoms with Crippen molar-refractivity contribution < 1.29 is 14.3 Å². The number of hydrogen-bond acceptors (Lipinski definition) is 3. The summed E-state index contributed by atoms with van der Waals surface area (Å²) in [4.78, 5) is 28.0. The monoisotopic (exact) mass is 274 g/mol. The molecule has 20 heavy (non-hydrogen) atoms. The molecule has 0 saturated carbocycles. The van der Waals surface area contributed by atoms with E-state index in [2.05, 4.69) is 0 Å². The van der Waals surface area contributed by atoms with E-state index in [-0.39, 0.29) is 24.4 Å². The van der Waals surface area contributed by atoms with Crippen LogP contribution in [0.25, 0.3) is 0 Å². The predicted octanol–water partition coefficient (Wildman–Crippen LogP) is 1.42. The van der Waals surface area contributed by atoms with Gasteiger partial charge in [-0.2, -0.15) is 0 Å². The van der Waals surface area contributed by atoms with E-state index in [1.54, 1.807) is 9.80 Å². The number of para-hydroxylation sites is 2. The van der Waals surface area contributed by atoms with Gasteiger partial charge in [0.1, 0.15) is 18.3 Å². The van der Waals surface area contributed by atoms with Crippen LogP contribution in [-0.2, 0) is 9.59 Å². The quantitative estimate of drug-likeness (QED) is 0.837. The molecule has 0 N–H and O–H groups in total. The molecule has 1 aromatic rings. The van der Waals surface area contributed by atoms with Crippen molar-refractivity contribution in [1.29, 1.82) is 0 Å². The molecule has 106 valence electrons. The Morgan fingerprint density at radius 1 is 1.30 bits per heavy atom. The summed E-state index contributed by atoms with van der Waals surface area (Å²) in [6.07, 6.45) is 1.67. The van der Waals surface area contributed by atoms with Crippen LogP contribution in [0, 0.1) is 0 Å². The summed E-state index contributed by atoms with van der Waals surface area (Å²) in [5, 5.41) is 0. The van der Waals surface area contributed by atoms with Gasteiger partial charge in [-0.1, -0.05) is 12.1 Å². The van der Waals surface area contributed by atoms with E-state index >= 15 is 0 Å². The van der Waals surface area contributed by atoms with E-state index in [1.165, 1.54) is 0 Å². The van der Waals surface area contributed by atoms with Crippen molar-refractivity contribution in [2.45, 2.75) is 25.8 Å². The zero-order valence-corrected chi connectivity index (χ0v) is 11.5. The lowest BCUT2D eigenvalue weighted by Crippen LogP contribution is -2.57. The first-order chi connectivity index (χ1) is 9.72. The smallest absolute Gasteiger partial charge is 0.250 e. The first kappa shape index (κ1) is 13.0. The van der Waals surface area contributed by atoms with Gasteiger partial charge in [-0.25, -0.2) is 0 Å². The van der Waals surface area contributed by atoms with Crippen LogP contribution in [0.1, 0.15) is 19.8 Å². The molecule has 2 saturated heterocycles. The van der Waals surface area contributed by atoms with Gasteiger partial charge in [-0.05, 0) is 31.9 Å². The molecule has 1 aromatic carbocycles. The Morgan fingerprint density at radius 2 is 2.10 bits per heavy atom. The van der Waals surface area contributed by atoms with Crippen molar-refractivity contribution >= 4 is 17.5 Å². The molecule has 2 heterocycles. The van der Waals surface area contributed by atoms with Gasteiger partial charge in [0.05, 0.1) is 12.3 Å². The van der Waals surface area contributed by atoms with Gasteiger partial charge >= 0.3 is 0 Å². The van der Waals surface area contributed by atoms with E-state index in [1.807, 2.05) is 31.2 Å². The highest BCUT2D eigenvalue weighted by Crippen LogP contribution is 2.33. The second-order valence-corrected chi connectivity index (χ2v) is 5.07. The Bertz CT molecular complexity index is 544. The Hall–Kier alpha value is -2.04. The van der Waals surface area contributed by atoms with Crippen LogP contribution >= 0.6 is 0 Å². The topological polar surface area (TPSA) is 49.9 Å². The Labute approximate surface area is 118 Å². The van der Waals surface area contributed by atoms with Gasteiger partial charge in [-0.15, -0.1) is 0 Å². The molecule has 2 aliphatic heterocycles. The van der Waals surface area contributed by atoms with Crippen LogP contribution in [0.5, 0.6) is 5.75 Å². The van der Waals surface area contributed by atoms with E-state index < -0.39 is 0 Å². The fraction of sp³-hybridized carbons (Fsp3) is 0.467. The molecule has 5 heteroatoms. The number of amides is 2. The van der Waals surface area contributed by atoms with E-state index in [0.717, 1.165) is 12.8 Å². The summed E-state index contributed by atoms with van der Waals surface area (Å²) in [5.41, 5.74) is 0.694. The second-order valence-electron chi connectivity index (χ2n) is 5.07. The van der Waals surface area contributed by atoms with Gasteiger partial charge in [0.2, 0.25) is 11.8 Å². The van der Waals surface area contributed by atoms with Crippen molar-refractivity contribution in [1.82, 2.24) is 4.90 Å². The SMILES string of the molecule is CCOc1ccccc1N1CC(=O)N2CCCC2C1=O. The lowest BCUT2D eigenvalue weighted by atomic mass is 10.1. The van der Waals surface area contributed by atoms with Crippen LogP contribution in [0.15, 0.2) is 24.3 Å². The molecule has 2 aliphatic rings. The molecule has 0 bridgehead atoms. The lowest BCUT2D eigenvalue weighted by molar-refractivity contribution is -0.140. The molecule has 0 radical (unpaired) electrons. The van der Waals surface area contributed by atoms with Crippen LogP contribution in [0.2, 0.25) is 0 Å². The average molecular weight is 274 g/mol. The van der Waals surface area contributed by atoms with Gasteiger partial charge in [-0.3, -0.25) is 14.5 Å². The Balaban J connectivity index is 1.94. The number of ether oxygens (including phenoxy) is 1. The number of fused-ring (bicyclic) bond motifs is 1. The fourth-order valence-corrected chi connectivity index (χ4v) is 2.97. The molecule has 3 rings (SSSR count). The Morgan fingerprint density at radius 3 is 2.90 bits per heavy atom. The number of carbonyl (C=O) groups is 2. The van der Waals surface area contributed by atoms with Gasteiger partial charge in [0.25, 0.3) is 0 Å². The first-order valence-corrected chi connectivity index (χ1v) is 7.05. The number of rotatable bonds is 3. The number of piperazine rings is 1. The molecular weight excluding hydrogens is 256 g/mol. The fourth-order valence-electron chi connectivity index (χ4n) is 2.97. The van der Waals surface area contributed by atoms with Crippen molar-refractivity contribution in [3.05, 3.63) is 24.3 Å². The second kappa shape index (κ2) is 5.15. The molecule has 0 aromatic heterocycles. The van der Waals surface area contributed by atoms with Gasteiger partial charge in [0, 0.05) is 6.54 Å². The number of hydrogen-bond donors (Lipinski definition) is 0. The minimum atomic E-state index is -0.286. The number of carbonyl (C=O) groups excluding carboxylic acids is 2. The predicted molar refractivity (Wildman–Crippen MR) is 74.7 cm³/mol. The molecule has 5 nitrogen and oxygen atoms in total. The summed E-state index contributed by atoms with van der Waals surface area (Å²) in [6, 6.07) is 7.10. The maximum Gasteiger partial charge on any atom is 0.250 e. The largest absolute Gasteiger partial charge is 0.492 e. The van der Waals surface area contributed by atoms with Crippen LogP contribution in [0.4, 0.5) is 5.69 Å². The summed E-state index contributed by atoms with van der Waals surface area (Å²) < 4.78 is 5.57. The third-order valence-electron chi connectivity index (χ3n) is 3.87. The minimum absolute atomic E-state index is 0.00857. The van der Waals surface area contributed by atoms with Crippen LogP contribution < -0.4 is 9.64 Å². The van der Waals surface area contributed by atoms with Crippen molar-refractivity contribution in [3.63, 3.8) is 0 Å². The average Bonchev–Trinajstić information content (AvgIpc) is 2.94. The highest BCUT2D eigenvalue weighted by molar-refractivity contribution is 6.07. The van der Waals surface area contributed by atoms with Gasteiger partial charge < -0.3 is 9.64 Å². The Kier molecular flexibility index (Phi) is 3.34. The molecule has 0 spiro atoms. The van der Waals surface area contributed by atoms with E-state index in [0.29, 0.717) is 24.6 Å². The number of nitrogens with zero attached hydrogens (tertiary/aromatic N) is 2. The zero-order valence-electron chi connectivity index (χ0n) is 11.5.